The van der Waals surface area contributed by atoms with E-state index in [2.05, 4.69) is 29.5 Å². The normalized spacial score (nSPS) is 11.8. The first-order valence-electron chi connectivity index (χ1n) is 10.2. The van der Waals surface area contributed by atoms with Gasteiger partial charge < -0.3 is 15.4 Å². The van der Waals surface area contributed by atoms with Crippen molar-refractivity contribution in [1.82, 2.24) is 4.98 Å². The van der Waals surface area contributed by atoms with Crippen LogP contribution in [0.4, 0.5) is 10.8 Å². The number of anilines is 2. The first-order chi connectivity index (χ1) is 14.5. The molecular formula is C23H27N3O3S. The first-order valence-corrected chi connectivity index (χ1v) is 11.0. The third-order valence-electron chi connectivity index (χ3n) is 4.83. The molecule has 0 spiro atoms. The number of rotatable bonds is 9. The lowest BCUT2D eigenvalue weighted by atomic mass is 9.99. The van der Waals surface area contributed by atoms with Crippen LogP contribution in [0.5, 0.6) is 5.75 Å². The molecule has 1 heterocycles. The molecule has 0 aliphatic heterocycles. The van der Waals surface area contributed by atoms with E-state index in [1.54, 1.807) is 6.07 Å². The molecule has 0 aliphatic carbocycles. The highest BCUT2D eigenvalue weighted by Crippen LogP contribution is 2.28. The van der Waals surface area contributed by atoms with Crippen LogP contribution in [0.1, 0.15) is 51.5 Å². The predicted molar refractivity (Wildman–Crippen MR) is 122 cm³/mol. The van der Waals surface area contributed by atoms with Crippen molar-refractivity contribution in [2.75, 3.05) is 17.2 Å². The van der Waals surface area contributed by atoms with E-state index in [1.165, 1.54) is 16.9 Å². The van der Waals surface area contributed by atoms with Gasteiger partial charge in [-0.25, -0.2) is 4.98 Å². The quantitative estimate of drug-likeness (QED) is 0.470. The molecule has 2 N–H and O–H groups in total. The van der Waals surface area contributed by atoms with Gasteiger partial charge in [-0.1, -0.05) is 44.2 Å². The van der Waals surface area contributed by atoms with Gasteiger partial charge in [0.2, 0.25) is 5.91 Å². The van der Waals surface area contributed by atoms with Crippen molar-refractivity contribution >= 4 is 44.2 Å². The highest BCUT2D eigenvalue weighted by atomic mass is 32.1. The van der Waals surface area contributed by atoms with Gasteiger partial charge in [0, 0.05) is 12.1 Å². The molecule has 0 radical (unpaired) electrons. The van der Waals surface area contributed by atoms with Crippen LogP contribution in [-0.2, 0) is 9.59 Å². The van der Waals surface area contributed by atoms with Gasteiger partial charge in [0.1, 0.15) is 5.75 Å². The summed E-state index contributed by atoms with van der Waals surface area (Å²) in [6.07, 6.45) is 2.34. The number of benzene rings is 2. The minimum atomic E-state index is -0.235. The predicted octanol–water partition coefficient (Wildman–Crippen LogP) is 5.57. The highest BCUT2D eigenvalue weighted by molar-refractivity contribution is 7.22. The number of thiazole rings is 1. The molecule has 0 saturated heterocycles. The van der Waals surface area contributed by atoms with Crippen molar-refractivity contribution in [3.05, 3.63) is 48.0 Å². The Balaban J connectivity index is 1.56. The molecule has 3 rings (SSSR count). The number of hydrogen-bond acceptors (Lipinski definition) is 5. The average Bonchev–Trinajstić information content (AvgIpc) is 3.13. The molecule has 0 fully saturated rings. The number of aromatic nitrogens is 1. The second-order valence-electron chi connectivity index (χ2n) is 7.21. The van der Waals surface area contributed by atoms with Gasteiger partial charge in [0.05, 0.1) is 10.2 Å². The van der Waals surface area contributed by atoms with Gasteiger partial charge in [0.25, 0.3) is 5.91 Å². The lowest BCUT2D eigenvalue weighted by Gasteiger charge is -2.11. The third kappa shape index (κ3) is 5.79. The molecule has 0 bridgehead atoms. The Kier molecular flexibility index (Phi) is 7.41. The van der Waals surface area contributed by atoms with E-state index in [0.29, 0.717) is 28.9 Å². The largest absolute Gasteiger partial charge is 0.484 e. The molecule has 7 heteroatoms. The van der Waals surface area contributed by atoms with Crippen LogP contribution in [0.3, 0.4) is 0 Å². The van der Waals surface area contributed by atoms with Crippen LogP contribution in [-0.4, -0.2) is 23.4 Å². The zero-order valence-electron chi connectivity index (χ0n) is 17.5. The fourth-order valence-corrected chi connectivity index (χ4v) is 3.86. The Hall–Kier alpha value is -2.93. The number of hydrogen-bond donors (Lipinski definition) is 2. The summed E-state index contributed by atoms with van der Waals surface area (Å²) in [5, 5.41) is 6.21. The highest BCUT2D eigenvalue weighted by Gasteiger charge is 2.10. The molecule has 0 aliphatic rings. The molecule has 2 amide bonds. The van der Waals surface area contributed by atoms with Gasteiger partial charge in [-0.3, -0.25) is 9.59 Å². The number of nitrogens with one attached hydrogen (secondary N) is 2. The minimum Gasteiger partial charge on any atom is -0.484 e. The Labute approximate surface area is 180 Å². The Morgan fingerprint density at radius 3 is 2.53 bits per heavy atom. The number of amides is 2. The molecule has 0 unspecified atom stereocenters. The van der Waals surface area contributed by atoms with Gasteiger partial charge in [-0.15, -0.1) is 0 Å². The van der Waals surface area contributed by atoms with Crippen LogP contribution >= 0.6 is 11.3 Å². The zero-order valence-corrected chi connectivity index (χ0v) is 18.3. The Bertz CT molecular complexity index is 1010. The summed E-state index contributed by atoms with van der Waals surface area (Å²) in [6.45, 7) is 6.23. The zero-order chi connectivity index (χ0) is 21.5. The number of carbonyl (C=O) groups excluding carboxylic acids is 2. The molecule has 1 aromatic heterocycles. The second kappa shape index (κ2) is 10.2. The molecule has 3 aromatic rings. The number of carbonyl (C=O) groups is 2. The second-order valence-corrected chi connectivity index (χ2v) is 8.25. The molecular weight excluding hydrogens is 398 g/mol. The molecule has 30 heavy (non-hydrogen) atoms. The van der Waals surface area contributed by atoms with E-state index in [-0.39, 0.29) is 18.4 Å². The molecule has 6 nitrogen and oxygen atoms in total. The van der Waals surface area contributed by atoms with Crippen molar-refractivity contribution in [1.29, 1.82) is 0 Å². The summed E-state index contributed by atoms with van der Waals surface area (Å²) < 4.78 is 6.49. The van der Waals surface area contributed by atoms with Gasteiger partial charge in [-0.2, -0.15) is 0 Å². The number of ether oxygens (including phenoxy) is 1. The molecule has 0 saturated carbocycles. The fourth-order valence-electron chi connectivity index (χ4n) is 2.94. The van der Waals surface area contributed by atoms with E-state index >= 15 is 0 Å². The Morgan fingerprint density at radius 2 is 1.83 bits per heavy atom. The average molecular weight is 426 g/mol. The summed E-state index contributed by atoms with van der Waals surface area (Å²) in [5.41, 5.74) is 2.71. The fraction of sp³-hybridized carbons (Fsp3) is 0.348. The molecule has 158 valence electrons. The van der Waals surface area contributed by atoms with Crippen molar-refractivity contribution in [3.8, 4) is 5.75 Å². The van der Waals surface area contributed by atoms with Crippen molar-refractivity contribution < 1.29 is 14.3 Å². The third-order valence-corrected chi connectivity index (χ3v) is 5.76. The topological polar surface area (TPSA) is 80.3 Å². The summed E-state index contributed by atoms with van der Waals surface area (Å²) in [6, 6.07) is 13.3. The lowest BCUT2D eigenvalue weighted by Crippen LogP contribution is -2.20. The van der Waals surface area contributed by atoms with E-state index in [0.717, 1.165) is 23.1 Å². The lowest BCUT2D eigenvalue weighted by molar-refractivity contribution is -0.118. The first kappa shape index (κ1) is 21.8. The monoisotopic (exact) mass is 425 g/mol. The van der Waals surface area contributed by atoms with E-state index in [1.807, 2.05) is 43.3 Å². The van der Waals surface area contributed by atoms with E-state index < -0.39 is 0 Å². The summed E-state index contributed by atoms with van der Waals surface area (Å²) >= 11 is 1.38. The van der Waals surface area contributed by atoms with Gasteiger partial charge in [0.15, 0.2) is 11.7 Å². The van der Waals surface area contributed by atoms with Crippen molar-refractivity contribution in [2.45, 2.75) is 46.0 Å². The van der Waals surface area contributed by atoms with Gasteiger partial charge in [-0.05, 0) is 54.7 Å². The number of nitrogens with zero attached hydrogens (tertiary/aromatic N) is 1. The molecule has 1 atom stereocenters. The Morgan fingerprint density at radius 1 is 1.07 bits per heavy atom. The van der Waals surface area contributed by atoms with Gasteiger partial charge >= 0.3 is 0 Å². The maximum absolute atomic E-state index is 12.3. The number of fused-ring (bicyclic) bond motifs is 1. The van der Waals surface area contributed by atoms with Crippen molar-refractivity contribution in [3.63, 3.8) is 0 Å². The SMILES string of the molecule is CCCC(=O)Nc1nc2ccc(NC(=O)COc3ccc([C@@H](C)CC)cc3)cc2s1. The molecule has 2 aromatic carbocycles. The smallest absolute Gasteiger partial charge is 0.262 e. The van der Waals surface area contributed by atoms with Crippen LogP contribution in [0.15, 0.2) is 42.5 Å². The standard InChI is InChI=1S/C23H27N3O3S/c1-4-6-21(27)26-23-25-19-12-9-17(13-20(19)30-23)24-22(28)14-29-18-10-7-16(8-11-18)15(3)5-2/h7-13,15H,4-6,14H2,1-3H3,(H,24,28)(H,25,26,27)/t15-/m0/s1. The summed E-state index contributed by atoms with van der Waals surface area (Å²) in [7, 11) is 0. The maximum Gasteiger partial charge on any atom is 0.262 e. The van der Waals surface area contributed by atoms with Crippen LogP contribution in [0.2, 0.25) is 0 Å². The minimum absolute atomic E-state index is 0.0422. The van der Waals surface area contributed by atoms with Crippen molar-refractivity contribution in [2.24, 2.45) is 0 Å². The van der Waals surface area contributed by atoms with Crippen LogP contribution in [0.25, 0.3) is 10.2 Å². The van der Waals surface area contributed by atoms with Crippen LogP contribution < -0.4 is 15.4 Å². The maximum atomic E-state index is 12.3. The van der Waals surface area contributed by atoms with Crippen LogP contribution in [0, 0.1) is 0 Å². The van der Waals surface area contributed by atoms with E-state index in [9.17, 15) is 9.59 Å². The summed E-state index contributed by atoms with van der Waals surface area (Å²) in [4.78, 5) is 28.4. The van der Waals surface area contributed by atoms with E-state index in [4.69, 9.17) is 4.74 Å². The summed E-state index contributed by atoms with van der Waals surface area (Å²) in [5.74, 6) is 0.896.